The fourth-order valence-electron chi connectivity index (χ4n) is 2.92. The quantitative estimate of drug-likeness (QED) is 0.672. The van der Waals surface area contributed by atoms with Gasteiger partial charge in [0.1, 0.15) is 0 Å². The molecule has 0 saturated heterocycles. The molecule has 3 N–H and O–H groups in total. The molecule has 0 fully saturated rings. The van der Waals surface area contributed by atoms with E-state index >= 15 is 0 Å². The first-order valence-electron chi connectivity index (χ1n) is 7.66. The number of carbonyl (C=O) groups is 1. The average Bonchev–Trinajstić information content (AvgIpc) is 3.25. The zero-order valence-corrected chi connectivity index (χ0v) is 13.5. The van der Waals surface area contributed by atoms with Gasteiger partial charge < -0.3 is 5.32 Å². The molecule has 0 aromatic carbocycles. The molecule has 3 heterocycles. The minimum Gasteiger partial charge on any atom is -0.348 e. The van der Waals surface area contributed by atoms with E-state index in [2.05, 4.69) is 25.7 Å². The minimum atomic E-state index is -0.214. The molecule has 0 radical (unpaired) electrons. The van der Waals surface area contributed by atoms with Crippen molar-refractivity contribution in [1.82, 2.24) is 25.7 Å². The molecule has 1 unspecified atom stereocenters. The van der Waals surface area contributed by atoms with E-state index in [1.165, 1.54) is 0 Å². The molecule has 7 nitrogen and oxygen atoms in total. The molecule has 0 aliphatic heterocycles. The van der Waals surface area contributed by atoms with Crippen LogP contribution in [0.25, 0.3) is 10.6 Å². The maximum absolute atomic E-state index is 12.4. The number of aromatic amines is 2. The largest absolute Gasteiger partial charge is 0.348 e. The summed E-state index contributed by atoms with van der Waals surface area (Å²) in [7, 11) is 0. The number of hydrogen-bond donors (Lipinski definition) is 3. The van der Waals surface area contributed by atoms with Crippen LogP contribution in [0.1, 0.15) is 28.2 Å². The third kappa shape index (κ3) is 2.88. The highest BCUT2D eigenvalue weighted by Gasteiger charge is 2.23. The van der Waals surface area contributed by atoms with Crippen LogP contribution in [-0.4, -0.2) is 32.3 Å². The van der Waals surface area contributed by atoms with Crippen molar-refractivity contribution in [3.05, 3.63) is 57.0 Å². The Morgan fingerprint density at radius 3 is 3.04 bits per heavy atom. The van der Waals surface area contributed by atoms with Crippen LogP contribution in [0.4, 0.5) is 0 Å². The SMILES string of the molecule is O=C(NC1CCc2n[nH]c(=O)cc2C1)c1cc(-c2cccs2)[nH]n1. The van der Waals surface area contributed by atoms with Crippen LogP contribution < -0.4 is 10.9 Å². The molecule has 1 aliphatic rings. The number of thiophene rings is 1. The van der Waals surface area contributed by atoms with E-state index in [4.69, 9.17) is 0 Å². The van der Waals surface area contributed by atoms with Crippen LogP contribution in [0.15, 0.2) is 34.4 Å². The monoisotopic (exact) mass is 341 g/mol. The van der Waals surface area contributed by atoms with E-state index in [-0.39, 0.29) is 17.5 Å². The van der Waals surface area contributed by atoms with Gasteiger partial charge in [0.25, 0.3) is 11.5 Å². The molecule has 8 heteroatoms. The van der Waals surface area contributed by atoms with E-state index in [0.29, 0.717) is 12.1 Å². The molecule has 1 atom stereocenters. The van der Waals surface area contributed by atoms with Gasteiger partial charge in [0.15, 0.2) is 5.69 Å². The first kappa shape index (κ1) is 14.8. The summed E-state index contributed by atoms with van der Waals surface area (Å²) in [6, 6.07) is 7.22. The van der Waals surface area contributed by atoms with Crippen LogP contribution in [-0.2, 0) is 12.8 Å². The lowest BCUT2D eigenvalue weighted by molar-refractivity contribution is 0.0928. The maximum atomic E-state index is 12.4. The molecule has 4 rings (SSSR count). The lowest BCUT2D eigenvalue weighted by Gasteiger charge is -2.23. The summed E-state index contributed by atoms with van der Waals surface area (Å²) < 4.78 is 0. The van der Waals surface area contributed by atoms with E-state index < -0.39 is 0 Å². The predicted octanol–water partition coefficient (Wildman–Crippen LogP) is 1.51. The fourth-order valence-corrected chi connectivity index (χ4v) is 3.61. The summed E-state index contributed by atoms with van der Waals surface area (Å²) >= 11 is 1.59. The molecular weight excluding hydrogens is 326 g/mol. The Bertz CT molecular complexity index is 928. The number of fused-ring (bicyclic) bond motifs is 1. The molecule has 3 aromatic rings. The summed E-state index contributed by atoms with van der Waals surface area (Å²) in [5.74, 6) is -0.208. The molecule has 0 spiro atoms. The summed E-state index contributed by atoms with van der Waals surface area (Å²) in [5, 5.41) is 18.5. The molecule has 3 aromatic heterocycles. The Hall–Kier alpha value is -2.74. The third-order valence-corrected chi connectivity index (χ3v) is 5.01. The molecule has 24 heavy (non-hydrogen) atoms. The van der Waals surface area contributed by atoms with Crippen molar-refractivity contribution in [2.24, 2.45) is 0 Å². The number of aryl methyl sites for hydroxylation is 1. The summed E-state index contributed by atoms with van der Waals surface area (Å²) in [6.07, 6.45) is 2.14. The molecule has 1 aliphatic carbocycles. The Morgan fingerprint density at radius 2 is 2.21 bits per heavy atom. The van der Waals surface area contributed by atoms with Crippen molar-refractivity contribution in [3.8, 4) is 10.6 Å². The Kier molecular flexibility index (Phi) is 3.73. The number of rotatable bonds is 3. The Morgan fingerprint density at radius 1 is 1.29 bits per heavy atom. The second kappa shape index (κ2) is 6.04. The maximum Gasteiger partial charge on any atom is 0.272 e. The van der Waals surface area contributed by atoms with Gasteiger partial charge in [-0.25, -0.2) is 5.10 Å². The van der Waals surface area contributed by atoms with Gasteiger partial charge in [-0.1, -0.05) is 6.07 Å². The zero-order chi connectivity index (χ0) is 16.5. The predicted molar refractivity (Wildman–Crippen MR) is 90.0 cm³/mol. The number of aromatic nitrogens is 4. The Labute approximate surface area is 141 Å². The number of hydrogen-bond acceptors (Lipinski definition) is 5. The van der Waals surface area contributed by atoms with E-state index in [1.807, 2.05) is 17.5 Å². The zero-order valence-electron chi connectivity index (χ0n) is 12.7. The third-order valence-electron chi connectivity index (χ3n) is 4.11. The van der Waals surface area contributed by atoms with Crippen molar-refractivity contribution in [1.29, 1.82) is 0 Å². The van der Waals surface area contributed by atoms with Crippen LogP contribution in [0.3, 0.4) is 0 Å². The highest BCUT2D eigenvalue weighted by Crippen LogP contribution is 2.23. The molecule has 1 amide bonds. The van der Waals surface area contributed by atoms with Gasteiger partial charge in [0.05, 0.1) is 16.3 Å². The molecule has 0 saturated carbocycles. The van der Waals surface area contributed by atoms with Gasteiger partial charge in [0, 0.05) is 12.1 Å². The number of H-pyrrole nitrogens is 2. The number of nitrogens with zero attached hydrogens (tertiary/aromatic N) is 2. The van der Waals surface area contributed by atoms with Crippen LogP contribution in [0.5, 0.6) is 0 Å². The molecule has 0 bridgehead atoms. The highest BCUT2D eigenvalue weighted by atomic mass is 32.1. The van der Waals surface area contributed by atoms with Gasteiger partial charge in [0.2, 0.25) is 0 Å². The van der Waals surface area contributed by atoms with Crippen molar-refractivity contribution in [2.75, 3.05) is 0 Å². The van der Waals surface area contributed by atoms with Gasteiger partial charge >= 0.3 is 0 Å². The lowest BCUT2D eigenvalue weighted by atomic mass is 9.92. The number of nitrogens with one attached hydrogen (secondary N) is 3. The number of amides is 1. The van der Waals surface area contributed by atoms with Gasteiger partial charge in [-0.2, -0.15) is 10.2 Å². The topological polar surface area (TPSA) is 104 Å². The fraction of sp³-hybridized carbons (Fsp3) is 0.250. The normalized spacial score (nSPS) is 16.6. The Balaban J connectivity index is 1.46. The van der Waals surface area contributed by atoms with Crippen molar-refractivity contribution < 1.29 is 4.79 Å². The average molecular weight is 341 g/mol. The minimum absolute atomic E-state index is 0.0181. The second-order valence-corrected chi connectivity index (χ2v) is 6.71. The lowest BCUT2D eigenvalue weighted by Crippen LogP contribution is -2.39. The van der Waals surface area contributed by atoms with Crippen molar-refractivity contribution in [3.63, 3.8) is 0 Å². The van der Waals surface area contributed by atoms with Gasteiger partial charge in [-0.05, 0) is 42.3 Å². The van der Waals surface area contributed by atoms with Crippen LogP contribution >= 0.6 is 11.3 Å². The van der Waals surface area contributed by atoms with Crippen molar-refractivity contribution in [2.45, 2.75) is 25.3 Å². The molecular formula is C16H15N5O2S. The van der Waals surface area contributed by atoms with Gasteiger partial charge in [-0.15, -0.1) is 11.3 Å². The van der Waals surface area contributed by atoms with E-state index in [0.717, 1.165) is 34.7 Å². The highest BCUT2D eigenvalue weighted by molar-refractivity contribution is 7.13. The van der Waals surface area contributed by atoms with Crippen LogP contribution in [0, 0.1) is 0 Å². The second-order valence-electron chi connectivity index (χ2n) is 5.76. The summed E-state index contributed by atoms with van der Waals surface area (Å²) in [4.78, 5) is 24.8. The van der Waals surface area contributed by atoms with Crippen LogP contribution in [0.2, 0.25) is 0 Å². The first-order chi connectivity index (χ1) is 11.7. The van der Waals surface area contributed by atoms with Crippen molar-refractivity contribution >= 4 is 17.2 Å². The number of carbonyl (C=O) groups excluding carboxylic acids is 1. The van der Waals surface area contributed by atoms with E-state index in [1.54, 1.807) is 23.5 Å². The smallest absolute Gasteiger partial charge is 0.272 e. The molecule has 122 valence electrons. The van der Waals surface area contributed by atoms with Gasteiger partial charge in [-0.3, -0.25) is 14.7 Å². The summed E-state index contributed by atoms with van der Waals surface area (Å²) in [6.45, 7) is 0. The van der Waals surface area contributed by atoms with E-state index in [9.17, 15) is 9.59 Å². The standard InChI is InChI=1S/C16H15N5O2S/c22-15-7-9-6-10(3-4-11(9)18-21-15)17-16(23)13-8-12(19-20-13)14-2-1-5-24-14/h1-2,5,7-8,10H,3-4,6H2,(H,17,23)(H,19,20)(H,21,22). The summed E-state index contributed by atoms with van der Waals surface area (Å²) in [5.41, 5.74) is 2.79. The first-order valence-corrected chi connectivity index (χ1v) is 8.54.